The minimum Gasteiger partial charge on any atom is -0.477 e. The van der Waals surface area contributed by atoms with Crippen LogP contribution in [0.1, 0.15) is 33.2 Å². The number of nitrogens with two attached hydrogens (primary N) is 1. The van der Waals surface area contributed by atoms with E-state index >= 15 is 0 Å². The van der Waals surface area contributed by atoms with Gasteiger partial charge in [0.25, 0.3) is 6.23 Å². The number of imidazole rings is 1. The summed E-state index contributed by atoms with van der Waals surface area (Å²) in [4.78, 5) is 73.5. The highest BCUT2D eigenvalue weighted by Crippen LogP contribution is 2.61. The SMILES string of the molecule is Nc1ncnc2c1ncn2[C@@H]1O[C@H](COP(=O)(O)OP(=O)(O)OC[C@H]2O[C@@H]([n+]3cc(C(=O)O)cc(C(=O)O)c3)[C@H](O)[C@@H]2O)[C@@H](O)[C@H]1OP(=O)(O)O. The summed E-state index contributed by atoms with van der Waals surface area (Å²) in [6.07, 6.45) is -10.4. The van der Waals surface area contributed by atoms with Crippen molar-refractivity contribution in [1.82, 2.24) is 19.5 Å². The van der Waals surface area contributed by atoms with Crippen molar-refractivity contribution in [2.45, 2.75) is 49.1 Å². The zero-order valence-corrected chi connectivity index (χ0v) is 27.8. The van der Waals surface area contributed by atoms with Gasteiger partial charge in [-0.05, 0) is 6.07 Å². The zero-order chi connectivity index (χ0) is 37.6. The summed E-state index contributed by atoms with van der Waals surface area (Å²) in [7, 11) is -16.5. The molecule has 0 bridgehead atoms. The number of aromatic carboxylic acids is 2. The quantitative estimate of drug-likeness (QED) is 0.0591. The molecule has 2 aliphatic rings. The van der Waals surface area contributed by atoms with Crippen molar-refractivity contribution in [2.75, 3.05) is 18.9 Å². The topological polar surface area (TPSA) is 396 Å². The van der Waals surface area contributed by atoms with Crippen LogP contribution in [0.25, 0.3) is 11.2 Å². The standard InChI is InChI=1S/C22H27N6O20P3/c23-17-12-18(25-6-24-17)28(7-26-12)20-16(47-49(36,37)38)14(30)11(46-20)5-44-51(41,42)48-50(39,40)43-4-10-13(29)15(31)19(45-10)27-2-8(21(32)33)1-9(3-27)22(34)35/h1-3,6-7,10-11,13-16,19-20,29-31H,4-5H2,(H7-,23,24,25,32,33,34,35,36,37,38,39,40,41,42)/p+1/t10-,11-,13-,14-,15-,16-,19-,20-/m1/s1. The smallest absolute Gasteiger partial charge is 0.477 e. The summed E-state index contributed by atoms with van der Waals surface area (Å²) in [5.74, 6) is -3.16. The molecule has 5 rings (SSSR count). The van der Waals surface area contributed by atoms with Crippen LogP contribution in [-0.2, 0) is 41.1 Å². The molecule has 2 fully saturated rings. The Hall–Kier alpha value is -3.39. The lowest BCUT2D eigenvalue weighted by molar-refractivity contribution is -0.766. The summed E-state index contributed by atoms with van der Waals surface area (Å²) in [6.45, 7) is -2.23. The Morgan fingerprint density at radius 2 is 1.43 bits per heavy atom. The number of ether oxygens (including phenoxy) is 2. The van der Waals surface area contributed by atoms with Gasteiger partial charge in [-0.25, -0.2) is 38.2 Å². The summed E-state index contributed by atoms with van der Waals surface area (Å²) in [6, 6.07) is 0.813. The highest BCUT2D eigenvalue weighted by atomic mass is 31.3. The van der Waals surface area contributed by atoms with Crippen LogP contribution in [0.15, 0.2) is 31.1 Å². The number of rotatable bonds is 14. The van der Waals surface area contributed by atoms with Gasteiger partial charge >= 0.3 is 35.4 Å². The maximum Gasteiger partial charge on any atom is 0.481 e. The number of aromatic nitrogens is 5. The molecule has 3 aromatic heterocycles. The van der Waals surface area contributed by atoms with E-state index < -0.39 is 109 Å². The van der Waals surface area contributed by atoms with E-state index in [2.05, 4.69) is 32.8 Å². The van der Waals surface area contributed by atoms with Gasteiger partial charge in [0.05, 0.1) is 19.5 Å². The first-order chi connectivity index (χ1) is 23.7. The van der Waals surface area contributed by atoms with Crippen LogP contribution in [0.2, 0.25) is 0 Å². The largest absolute Gasteiger partial charge is 0.481 e. The Bertz CT molecular complexity index is 1930. The average molecular weight is 789 g/mol. The number of pyridine rings is 1. The van der Waals surface area contributed by atoms with E-state index in [1.807, 2.05) is 0 Å². The predicted octanol–water partition coefficient (Wildman–Crippen LogP) is -2.60. The first kappa shape index (κ1) is 38.8. The minimum absolute atomic E-state index is 0.0253. The Kier molecular flexibility index (Phi) is 11.1. The first-order valence-electron chi connectivity index (χ1n) is 13.9. The van der Waals surface area contributed by atoms with E-state index in [9.17, 15) is 68.4 Å². The number of phosphoric acid groups is 3. The Balaban J connectivity index is 1.22. The molecule has 0 spiro atoms. The molecule has 29 heteroatoms. The van der Waals surface area contributed by atoms with E-state index in [1.165, 1.54) is 0 Å². The molecule has 0 radical (unpaired) electrons. The number of nitrogens with zero attached hydrogens (tertiary/aromatic N) is 5. The van der Waals surface area contributed by atoms with Crippen LogP contribution in [0.5, 0.6) is 0 Å². The van der Waals surface area contributed by atoms with Gasteiger partial charge < -0.3 is 60.3 Å². The fourth-order valence-electron chi connectivity index (χ4n) is 5.02. The third-order valence-electron chi connectivity index (χ3n) is 7.26. The Morgan fingerprint density at radius 3 is 1.98 bits per heavy atom. The highest BCUT2D eigenvalue weighted by molar-refractivity contribution is 7.61. The first-order valence-corrected chi connectivity index (χ1v) is 18.4. The van der Waals surface area contributed by atoms with Crippen molar-refractivity contribution in [3.63, 3.8) is 0 Å². The second-order valence-electron chi connectivity index (χ2n) is 10.7. The molecule has 3 aromatic rings. The number of carboxylic acids is 2. The fourth-order valence-corrected chi connectivity index (χ4v) is 7.65. The van der Waals surface area contributed by atoms with Gasteiger partial charge in [-0.1, -0.05) is 0 Å². The van der Waals surface area contributed by atoms with Crippen LogP contribution in [0.4, 0.5) is 5.82 Å². The molecule has 2 unspecified atom stereocenters. The van der Waals surface area contributed by atoms with Gasteiger partial charge in [-0.3, -0.25) is 18.1 Å². The number of fused-ring (bicyclic) bond motifs is 1. The summed E-state index contributed by atoms with van der Waals surface area (Å²) in [5.41, 5.74) is 4.70. The number of anilines is 1. The second kappa shape index (κ2) is 14.6. The predicted molar refractivity (Wildman–Crippen MR) is 156 cm³/mol. The van der Waals surface area contributed by atoms with E-state index in [1.54, 1.807) is 0 Å². The van der Waals surface area contributed by atoms with Crippen molar-refractivity contribution in [1.29, 1.82) is 0 Å². The molecule has 2 saturated heterocycles. The fraction of sp³-hybridized carbons (Fsp3) is 0.455. The van der Waals surface area contributed by atoms with Gasteiger partial charge in [0.15, 0.2) is 36.2 Å². The van der Waals surface area contributed by atoms with Crippen molar-refractivity contribution < 1.29 is 100 Å². The zero-order valence-electron chi connectivity index (χ0n) is 25.1. The van der Waals surface area contributed by atoms with Crippen molar-refractivity contribution in [3.8, 4) is 0 Å². The summed E-state index contributed by atoms with van der Waals surface area (Å²) in [5, 5.41) is 50.2. The van der Waals surface area contributed by atoms with Gasteiger partial charge in [-0.2, -0.15) is 8.88 Å². The van der Waals surface area contributed by atoms with Crippen LogP contribution in [-0.4, -0.2) is 126 Å². The number of aliphatic hydroxyl groups excluding tert-OH is 3. The van der Waals surface area contributed by atoms with Gasteiger partial charge in [-0.15, -0.1) is 0 Å². The van der Waals surface area contributed by atoms with Crippen molar-refractivity contribution in [2.24, 2.45) is 0 Å². The Labute approximate surface area is 282 Å². The number of hydrogen-bond donors (Lipinski definition) is 10. The number of aliphatic hydroxyl groups is 3. The third-order valence-corrected chi connectivity index (χ3v) is 10.4. The molecule has 0 saturated carbocycles. The van der Waals surface area contributed by atoms with E-state index in [4.69, 9.17) is 15.2 Å². The van der Waals surface area contributed by atoms with E-state index in [0.29, 0.717) is 0 Å². The molecule has 5 heterocycles. The van der Waals surface area contributed by atoms with Crippen molar-refractivity contribution in [3.05, 3.63) is 42.2 Å². The molecular formula is C22H28N6O20P3+. The number of carbonyl (C=O) groups is 2. The lowest BCUT2D eigenvalue weighted by Crippen LogP contribution is -2.47. The molecule has 11 N–H and O–H groups in total. The van der Waals surface area contributed by atoms with E-state index in [0.717, 1.165) is 40.2 Å². The second-order valence-corrected chi connectivity index (χ2v) is 15.0. The number of phosphoric ester groups is 3. The molecule has 0 aromatic carbocycles. The van der Waals surface area contributed by atoms with Crippen LogP contribution < -0.4 is 10.3 Å². The van der Waals surface area contributed by atoms with Gasteiger partial charge in [0.2, 0.25) is 0 Å². The highest BCUT2D eigenvalue weighted by Gasteiger charge is 2.52. The van der Waals surface area contributed by atoms with E-state index in [-0.39, 0.29) is 17.0 Å². The monoisotopic (exact) mass is 789 g/mol. The number of hydrogen-bond acceptors (Lipinski definition) is 18. The lowest BCUT2D eigenvalue weighted by atomic mass is 10.1. The summed E-state index contributed by atoms with van der Waals surface area (Å²) >= 11 is 0. The normalized spacial score (nSPS) is 29.2. The molecular weight excluding hydrogens is 761 g/mol. The molecule has 10 atom stereocenters. The van der Waals surface area contributed by atoms with Gasteiger partial charge in [0.1, 0.15) is 53.5 Å². The molecule has 0 aliphatic carbocycles. The molecule has 26 nitrogen and oxygen atoms in total. The molecule has 2 aliphatic heterocycles. The van der Waals surface area contributed by atoms with Crippen LogP contribution >= 0.6 is 23.5 Å². The number of nitrogen functional groups attached to an aromatic ring is 1. The van der Waals surface area contributed by atoms with Crippen LogP contribution in [0, 0.1) is 0 Å². The number of carboxylic acid groups (broad SMARTS) is 2. The maximum atomic E-state index is 12.6. The third kappa shape index (κ3) is 8.81. The average Bonchev–Trinajstić information content (AvgIpc) is 3.68. The summed E-state index contributed by atoms with van der Waals surface area (Å²) < 4.78 is 67.8. The molecule has 51 heavy (non-hydrogen) atoms. The lowest BCUT2D eigenvalue weighted by Gasteiger charge is -2.22. The minimum atomic E-state index is -5.61. The molecule has 0 amide bonds. The van der Waals surface area contributed by atoms with Crippen LogP contribution in [0.3, 0.4) is 0 Å². The van der Waals surface area contributed by atoms with Gasteiger partial charge in [0, 0.05) is 0 Å². The van der Waals surface area contributed by atoms with Crippen molar-refractivity contribution >= 4 is 52.4 Å². The molecule has 280 valence electrons. The Morgan fingerprint density at radius 1 is 0.863 bits per heavy atom. The maximum absolute atomic E-state index is 12.6.